The van der Waals surface area contributed by atoms with Gasteiger partial charge < -0.3 is 15.4 Å². The lowest BCUT2D eigenvalue weighted by atomic mass is 9.96. The zero-order chi connectivity index (χ0) is 21.3. The fourth-order valence-electron chi connectivity index (χ4n) is 3.65. The van der Waals surface area contributed by atoms with Crippen molar-refractivity contribution in [1.29, 1.82) is 0 Å². The molecular weight excluding hydrogens is 402 g/mol. The number of likely N-dealkylation sites (tertiary alicyclic amines) is 1. The second-order valence-corrected chi connectivity index (χ2v) is 7.92. The van der Waals surface area contributed by atoms with Crippen LogP contribution in [0.4, 0.5) is 5.69 Å². The van der Waals surface area contributed by atoms with Gasteiger partial charge in [0.25, 0.3) is 5.91 Å². The molecule has 0 spiro atoms. The molecule has 0 aromatic heterocycles. The molecule has 0 bridgehead atoms. The smallest absolute Gasteiger partial charge is 0.253 e. The number of methoxy groups -OCH3 is 1. The van der Waals surface area contributed by atoms with Crippen molar-refractivity contribution in [2.75, 3.05) is 38.7 Å². The monoisotopic (exact) mass is 429 g/mol. The molecule has 1 fully saturated rings. The number of hydrogen-bond donors (Lipinski definition) is 2. The molecule has 0 saturated carbocycles. The molecule has 2 amide bonds. The van der Waals surface area contributed by atoms with E-state index in [4.69, 9.17) is 16.3 Å². The predicted octanol–water partition coefficient (Wildman–Crippen LogP) is 3.57. The molecule has 7 heteroatoms. The highest BCUT2D eigenvalue weighted by Crippen LogP contribution is 2.22. The number of amides is 2. The van der Waals surface area contributed by atoms with Gasteiger partial charge in [0, 0.05) is 31.8 Å². The van der Waals surface area contributed by atoms with Crippen molar-refractivity contribution < 1.29 is 14.3 Å². The van der Waals surface area contributed by atoms with Crippen LogP contribution >= 0.6 is 11.6 Å². The summed E-state index contributed by atoms with van der Waals surface area (Å²) in [5, 5.41) is 6.49. The molecule has 1 aliphatic rings. The normalized spacial score (nSPS) is 16.8. The van der Waals surface area contributed by atoms with Crippen LogP contribution < -0.4 is 10.6 Å². The molecule has 2 aromatic rings. The van der Waals surface area contributed by atoms with Gasteiger partial charge in [0.15, 0.2) is 0 Å². The largest absolute Gasteiger partial charge is 0.383 e. The maximum absolute atomic E-state index is 12.9. The SMILES string of the molecule is COCCNC(=O)c1ccccc1NC(=O)C1CCCN(Cc2ccc(Cl)cc2)C1. The number of nitrogens with zero attached hydrogens (tertiary/aromatic N) is 1. The number of benzene rings is 2. The van der Waals surface area contributed by atoms with Gasteiger partial charge in [-0.2, -0.15) is 0 Å². The Kier molecular flexibility index (Phi) is 8.25. The van der Waals surface area contributed by atoms with Gasteiger partial charge in [-0.3, -0.25) is 14.5 Å². The summed E-state index contributed by atoms with van der Waals surface area (Å²) in [5.74, 6) is -0.389. The maximum atomic E-state index is 12.9. The highest BCUT2D eigenvalue weighted by Gasteiger charge is 2.26. The molecule has 1 unspecified atom stereocenters. The average Bonchev–Trinajstić information content (AvgIpc) is 2.76. The third-order valence-electron chi connectivity index (χ3n) is 5.22. The van der Waals surface area contributed by atoms with E-state index in [1.807, 2.05) is 30.3 Å². The van der Waals surface area contributed by atoms with Crippen LogP contribution in [0.2, 0.25) is 5.02 Å². The van der Waals surface area contributed by atoms with Crippen molar-refractivity contribution in [3.63, 3.8) is 0 Å². The third-order valence-corrected chi connectivity index (χ3v) is 5.47. The van der Waals surface area contributed by atoms with E-state index in [1.54, 1.807) is 25.3 Å². The van der Waals surface area contributed by atoms with Crippen LogP contribution in [-0.4, -0.2) is 50.1 Å². The molecule has 3 rings (SSSR count). The van der Waals surface area contributed by atoms with E-state index >= 15 is 0 Å². The Balaban J connectivity index is 1.60. The number of ether oxygens (including phenoxy) is 1. The van der Waals surface area contributed by atoms with Gasteiger partial charge >= 0.3 is 0 Å². The van der Waals surface area contributed by atoms with Crippen molar-refractivity contribution in [3.8, 4) is 0 Å². The lowest BCUT2D eigenvalue weighted by Gasteiger charge is -2.32. The molecule has 1 saturated heterocycles. The summed E-state index contributed by atoms with van der Waals surface area (Å²) in [6, 6.07) is 14.9. The van der Waals surface area contributed by atoms with Gasteiger partial charge in [0.1, 0.15) is 0 Å². The Morgan fingerprint density at radius 3 is 2.70 bits per heavy atom. The number of carbonyl (C=O) groups is 2. The Bertz CT molecular complexity index is 857. The van der Waals surface area contributed by atoms with Crippen molar-refractivity contribution in [2.45, 2.75) is 19.4 Å². The summed E-state index contributed by atoms with van der Waals surface area (Å²) < 4.78 is 4.97. The van der Waals surface area contributed by atoms with Gasteiger partial charge in [0.2, 0.25) is 5.91 Å². The Labute approximate surface area is 182 Å². The number of anilines is 1. The van der Waals surface area contributed by atoms with Crippen molar-refractivity contribution in [2.24, 2.45) is 5.92 Å². The van der Waals surface area contributed by atoms with E-state index in [2.05, 4.69) is 15.5 Å². The number of para-hydroxylation sites is 1. The number of halogens is 1. The highest BCUT2D eigenvalue weighted by atomic mass is 35.5. The number of nitrogens with one attached hydrogen (secondary N) is 2. The minimum absolute atomic E-state index is 0.0482. The molecule has 2 aromatic carbocycles. The zero-order valence-electron chi connectivity index (χ0n) is 17.2. The highest BCUT2D eigenvalue weighted by molar-refractivity contribution is 6.30. The lowest BCUT2D eigenvalue weighted by Crippen LogP contribution is -2.40. The van der Waals surface area contributed by atoms with E-state index in [9.17, 15) is 9.59 Å². The quantitative estimate of drug-likeness (QED) is 0.629. The van der Waals surface area contributed by atoms with Gasteiger partial charge in [-0.15, -0.1) is 0 Å². The van der Waals surface area contributed by atoms with Crippen LogP contribution in [0.1, 0.15) is 28.8 Å². The molecule has 30 heavy (non-hydrogen) atoms. The Hall–Kier alpha value is -2.41. The summed E-state index contributed by atoms with van der Waals surface area (Å²) in [5.41, 5.74) is 2.17. The molecular formula is C23H28ClN3O3. The third kappa shape index (κ3) is 6.29. The Morgan fingerprint density at radius 2 is 1.93 bits per heavy atom. The van der Waals surface area contributed by atoms with E-state index in [0.717, 1.165) is 31.0 Å². The number of hydrogen-bond acceptors (Lipinski definition) is 4. The molecule has 1 atom stereocenters. The molecule has 6 nitrogen and oxygen atoms in total. The second kappa shape index (κ2) is 11.1. The number of carbonyl (C=O) groups excluding carboxylic acids is 2. The first-order valence-corrected chi connectivity index (χ1v) is 10.6. The fraction of sp³-hybridized carbons (Fsp3) is 0.391. The number of rotatable bonds is 8. The predicted molar refractivity (Wildman–Crippen MR) is 119 cm³/mol. The summed E-state index contributed by atoms with van der Waals surface area (Å²) in [7, 11) is 1.58. The second-order valence-electron chi connectivity index (χ2n) is 7.48. The number of piperidine rings is 1. The van der Waals surface area contributed by atoms with E-state index in [-0.39, 0.29) is 17.7 Å². The minimum Gasteiger partial charge on any atom is -0.383 e. The molecule has 0 radical (unpaired) electrons. The van der Waals surface area contributed by atoms with Gasteiger partial charge in [-0.1, -0.05) is 35.9 Å². The summed E-state index contributed by atoms with van der Waals surface area (Å²) >= 11 is 5.97. The van der Waals surface area contributed by atoms with Crippen LogP contribution in [0.3, 0.4) is 0 Å². The van der Waals surface area contributed by atoms with Crippen LogP contribution in [0.25, 0.3) is 0 Å². The van der Waals surface area contributed by atoms with Crippen LogP contribution in [0.5, 0.6) is 0 Å². The lowest BCUT2D eigenvalue weighted by molar-refractivity contribution is -0.121. The first kappa shape index (κ1) is 22.3. The topological polar surface area (TPSA) is 70.7 Å². The van der Waals surface area contributed by atoms with E-state index < -0.39 is 0 Å². The fourth-order valence-corrected chi connectivity index (χ4v) is 3.77. The molecule has 1 heterocycles. The average molecular weight is 430 g/mol. The van der Waals surface area contributed by atoms with E-state index in [0.29, 0.717) is 30.9 Å². The summed E-state index contributed by atoms with van der Waals surface area (Å²) in [4.78, 5) is 27.7. The first-order valence-electron chi connectivity index (χ1n) is 10.2. The van der Waals surface area contributed by atoms with Crippen molar-refractivity contribution >= 4 is 29.1 Å². The standard InChI is InChI=1S/C23H28ClN3O3/c1-30-14-12-25-23(29)20-6-2-3-7-21(20)26-22(28)18-5-4-13-27(16-18)15-17-8-10-19(24)11-9-17/h2-3,6-11,18H,4-5,12-16H2,1H3,(H,25,29)(H,26,28). The minimum atomic E-state index is -0.226. The summed E-state index contributed by atoms with van der Waals surface area (Å²) in [6.07, 6.45) is 1.80. The van der Waals surface area contributed by atoms with Gasteiger partial charge in [0.05, 0.1) is 23.8 Å². The van der Waals surface area contributed by atoms with Crippen LogP contribution in [-0.2, 0) is 16.1 Å². The molecule has 0 aliphatic carbocycles. The van der Waals surface area contributed by atoms with Crippen LogP contribution in [0, 0.1) is 5.92 Å². The van der Waals surface area contributed by atoms with Gasteiger partial charge in [-0.05, 0) is 49.2 Å². The Morgan fingerprint density at radius 1 is 1.17 bits per heavy atom. The van der Waals surface area contributed by atoms with Crippen molar-refractivity contribution in [1.82, 2.24) is 10.2 Å². The van der Waals surface area contributed by atoms with E-state index in [1.165, 1.54) is 5.56 Å². The first-order chi connectivity index (χ1) is 14.6. The van der Waals surface area contributed by atoms with Crippen LogP contribution in [0.15, 0.2) is 48.5 Å². The van der Waals surface area contributed by atoms with Crippen molar-refractivity contribution in [3.05, 3.63) is 64.7 Å². The summed E-state index contributed by atoms with van der Waals surface area (Å²) in [6.45, 7) is 3.30. The van der Waals surface area contributed by atoms with Gasteiger partial charge in [-0.25, -0.2) is 0 Å². The zero-order valence-corrected chi connectivity index (χ0v) is 18.0. The molecule has 2 N–H and O–H groups in total. The molecule has 1 aliphatic heterocycles. The maximum Gasteiger partial charge on any atom is 0.253 e. The molecule has 160 valence electrons.